The van der Waals surface area contributed by atoms with Gasteiger partial charge >= 0.3 is 0 Å². The number of ether oxygens (including phenoxy) is 1. The molecule has 3 aromatic rings. The molecule has 8 heteroatoms. The third-order valence-electron chi connectivity index (χ3n) is 2.96. The standard InChI is InChI=1S/C12H10N2O4S2/c1-18-8-4-2-6-7(11(8)20(15,16)17)3-5-9-10(6)14-12(13)19-9/h2-5H,1H3,(H2,13,14)(H,15,16,17). The smallest absolute Gasteiger partial charge is 0.298 e. The van der Waals surface area contributed by atoms with Crippen LogP contribution in [0.15, 0.2) is 29.2 Å². The van der Waals surface area contributed by atoms with Crippen molar-refractivity contribution in [3.05, 3.63) is 24.3 Å². The molecule has 0 saturated heterocycles. The Morgan fingerprint density at radius 2 is 1.95 bits per heavy atom. The molecule has 0 aliphatic rings. The molecule has 2 aromatic carbocycles. The van der Waals surface area contributed by atoms with Gasteiger partial charge in [0.1, 0.15) is 10.6 Å². The Morgan fingerprint density at radius 1 is 1.25 bits per heavy atom. The van der Waals surface area contributed by atoms with E-state index in [2.05, 4.69) is 4.98 Å². The molecule has 0 bridgehead atoms. The molecular weight excluding hydrogens is 300 g/mol. The Bertz CT molecular complexity index is 931. The molecule has 0 aliphatic carbocycles. The van der Waals surface area contributed by atoms with Gasteiger partial charge in [0.15, 0.2) is 5.13 Å². The zero-order valence-corrected chi connectivity index (χ0v) is 12.0. The molecule has 1 aromatic heterocycles. The number of hydrogen-bond donors (Lipinski definition) is 2. The highest BCUT2D eigenvalue weighted by atomic mass is 32.2. The van der Waals surface area contributed by atoms with Crippen LogP contribution < -0.4 is 10.5 Å². The molecule has 3 rings (SSSR count). The van der Waals surface area contributed by atoms with Crippen LogP contribution in [0.2, 0.25) is 0 Å². The molecule has 0 atom stereocenters. The molecule has 104 valence electrons. The molecule has 0 fully saturated rings. The lowest BCUT2D eigenvalue weighted by atomic mass is 10.1. The van der Waals surface area contributed by atoms with Gasteiger partial charge < -0.3 is 10.5 Å². The average molecular weight is 310 g/mol. The molecule has 6 nitrogen and oxygen atoms in total. The number of nitrogens with zero attached hydrogens (tertiary/aromatic N) is 1. The van der Waals surface area contributed by atoms with Crippen molar-refractivity contribution in [3.63, 3.8) is 0 Å². The van der Waals surface area contributed by atoms with Gasteiger partial charge in [0, 0.05) is 10.8 Å². The summed E-state index contributed by atoms with van der Waals surface area (Å²) in [5, 5.41) is 1.35. The lowest BCUT2D eigenvalue weighted by Gasteiger charge is -2.09. The summed E-state index contributed by atoms with van der Waals surface area (Å²) in [6.45, 7) is 0. The number of benzene rings is 2. The number of aromatic nitrogens is 1. The van der Waals surface area contributed by atoms with Crippen molar-refractivity contribution in [3.8, 4) is 5.75 Å². The monoisotopic (exact) mass is 310 g/mol. The van der Waals surface area contributed by atoms with Crippen molar-refractivity contribution < 1.29 is 17.7 Å². The van der Waals surface area contributed by atoms with Gasteiger partial charge in [-0.15, -0.1) is 0 Å². The third kappa shape index (κ3) is 1.89. The molecular formula is C12H10N2O4S2. The van der Waals surface area contributed by atoms with E-state index in [9.17, 15) is 13.0 Å². The summed E-state index contributed by atoms with van der Waals surface area (Å²) in [6, 6.07) is 6.52. The number of rotatable bonds is 2. The van der Waals surface area contributed by atoms with Crippen molar-refractivity contribution in [2.75, 3.05) is 12.8 Å². The van der Waals surface area contributed by atoms with Crippen LogP contribution in [0.4, 0.5) is 5.13 Å². The van der Waals surface area contributed by atoms with Gasteiger partial charge in [0.2, 0.25) is 0 Å². The Kier molecular flexibility index (Phi) is 2.82. The minimum Gasteiger partial charge on any atom is -0.495 e. The van der Waals surface area contributed by atoms with Crippen LogP contribution in [0.3, 0.4) is 0 Å². The topological polar surface area (TPSA) is 103 Å². The summed E-state index contributed by atoms with van der Waals surface area (Å²) < 4.78 is 38.5. The van der Waals surface area contributed by atoms with Crippen LogP contribution in [0.25, 0.3) is 21.0 Å². The Labute approximate surface area is 118 Å². The lowest BCUT2D eigenvalue weighted by molar-refractivity contribution is 0.399. The fraction of sp³-hybridized carbons (Fsp3) is 0.0833. The zero-order chi connectivity index (χ0) is 14.5. The second kappa shape index (κ2) is 4.30. The average Bonchev–Trinajstić information content (AvgIpc) is 2.76. The summed E-state index contributed by atoms with van der Waals surface area (Å²) in [7, 11) is -3.07. The summed E-state index contributed by atoms with van der Waals surface area (Å²) in [5.74, 6) is 0.0857. The maximum atomic E-state index is 11.6. The van der Waals surface area contributed by atoms with Crippen LogP contribution in [-0.2, 0) is 10.1 Å². The van der Waals surface area contributed by atoms with Crippen LogP contribution >= 0.6 is 11.3 Å². The van der Waals surface area contributed by atoms with Crippen molar-refractivity contribution in [2.45, 2.75) is 4.90 Å². The van der Waals surface area contributed by atoms with E-state index in [1.54, 1.807) is 18.2 Å². The Morgan fingerprint density at radius 3 is 2.60 bits per heavy atom. The van der Waals surface area contributed by atoms with Crippen LogP contribution in [0.1, 0.15) is 0 Å². The van der Waals surface area contributed by atoms with Crippen molar-refractivity contribution >= 4 is 47.6 Å². The SMILES string of the molecule is COc1ccc2c(ccc3sc(N)nc32)c1S(=O)(=O)O. The molecule has 0 saturated carbocycles. The normalized spacial score (nSPS) is 12.1. The highest BCUT2D eigenvalue weighted by Crippen LogP contribution is 2.37. The summed E-state index contributed by atoms with van der Waals surface area (Å²) >= 11 is 1.31. The number of anilines is 1. The quantitative estimate of drug-likeness (QED) is 0.704. The van der Waals surface area contributed by atoms with E-state index in [1.165, 1.54) is 24.5 Å². The fourth-order valence-electron chi connectivity index (χ4n) is 2.19. The van der Waals surface area contributed by atoms with Gasteiger partial charge in [0.25, 0.3) is 10.1 Å². The highest BCUT2D eigenvalue weighted by Gasteiger charge is 2.21. The number of hydrogen-bond acceptors (Lipinski definition) is 6. The molecule has 0 spiro atoms. The second-order valence-electron chi connectivity index (χ2n) is 4.13. The fourth-order valence-corrected chi connectivity index (χ4v) is 3.80. The molecule has 0 amide bonds. The van der Waals surface area contributed by atoms with E-state index in [-0.39, 0.29) is 10.6 Å². The summed E-state index contributed by atoms with van der Waals surface area (Å²) in [5.41, 5.74) is 6.29. The van der Waals surface area contributed by atoms with Crippen molar-refractivity contribution in [2.24, 2.45) is 0 Å². The molecule has 0 unspecified atom stereocenters. The number of nitrogens with two attached hydrogens (primary N) is 1. The predicted octanol–water partition coefficient (Wildman–Crippen LogP) is 2.29. The van der Waals surface area contributed by atoms with Gasteiger partial charge in [-0.3, -0.25) is 4.55 Å². The minimum atomic E-state index is -4.41. The Balaban J connectivity index is 2.55. The van der Waals surface area contributed by atoms with Crippen LogP contribution in [0, 0.1) is 0 Å². The highest BCUT2D eigenvalue weighted by molar-refractivity contribution is 7.86. The van der Waals surface area contributed by atoms with Gasteiger partial charge in [-0.1, -0.05) is 17.4 Å². The zero-order valence-electron chi connectivity index (χ0n) is 10.3. The van der Waals surface area contributed by atoms with Gasteiger partial charge in [0.05, 0.1) is 17.3 Å². The summed E-state index contributed by atoms with van der Waals surface area (Å²) in [4.78, 5) is 3.94. The van der Waals surface area contributed by atoms with E-state index in [0.29, 0.717) is 21.4 Å². The maximum Gasteiger partial charge on any atom is 0.298 e. The van der Waals surface area contributed by atoms with E-state index >= 15 is 0 Å². The second-order valence-corrected chi connectivity index (χ2v) is 6.55. The minimum absolute atomic E-state index is 0.0857. The lowest BCUT2D eigenvalue weighted by Crippen LogP contribution is -2.02. The van der Waals surface area contributed by atoms with Gasteiger partial charge in [-0.05, 0) is 18.2 Å². The predicted molar refractivity (Wildman–Crippen MR) is 77.9 cm³/mol. The number of fused-ring (bicyclic) bond motifs is 3. The number of thiazole rings is 1. The van der Waals surface area contributed by atoms with Crippen LogP contribution in [0.5, 0.6) is 5.75 Å². The largest absolute Gasteiger partial charge is 0.495 e. The van der Waals surface area contributed by atoms with E-state index < -0.39 is 10.1 Å². The number of methoxy groups -OCH3 is 1. The van der Waals surface area contributed by atoms with E-state index in [0.717, 1.165) is 4.70 Å². The van der Waals surface area contributed by atoms with Crippen LogP contribution in [-0.4, -0.2) is 25.1 Å². The first-order valence-electron chi connectivity index (χ1n) is 5.55. The molecule has 0 aliphatic heterocycles. The van der Waals surface area contributed by atoms with Gasteiger partial charge in [-0.25, -0.2) is 4.98 Å². The maximum absolute atomic E-state index is 11.6. The first-order chi connectivity index (χ1) is 9.41. The molecule has 3 N–H and O–H groups in total. The first kappa shape index (κ1) is 13.1. The van der Waals surface area contributed by atoms with E-state index in [4.69, 9.17) is 10.5 Å². The third-order valence-corrected chi connectivity index (χ3v) is 4.75. The van der Waals surface area contributed by atoms with Crippen molar-refractivity contribution in [1.82, 2.24) is 4.98 Å². The Hall–Kier alpha value is -1.90. The van der Waals surface area contributed by atoms with Crippen molar-refractivity contribution in [1.29, 1.82) is 0 Å². The number of nitrogen functional groups attached to an aromatic ring is 1. The van der Waals surface area contributed by atoms with E-state index in [1.807, 2.05) is 0 Å². The molecule has 0 radical (unpaired) electrons. The molecule has 1 heterocycles. The molecule has 20 heavy (non-hydrogen) atoms. The first-order valence-corrected chi connectivity index (χ1v) is 7.80. The van der Waals surface area contributed by atoms with Gasteiger partial charge in [-0.2, -0.15) is 8.42 Å². The summed E-state index contributed by atoms with van der Waals surface area (Å²) in [6.07, 6.45) is 0.